The van der Waals surface area contributed by atoms with Gasteiger partial charge in [0.1, 0.15) is 11.5 Å². The highest BCUT2D eigenvalue weighted by molar-refractivity contribution is 6.30. The second-order valence-electron chi connectivity index (χ2n) is 7.23. The quantitative estimate of drug-likeness (QED) is 0.886. The van der Waals surface area contributed by atoms with Crippen molar-refractivity contribution in [3.63, 3.8) is 0 Å². The van der Waals surface area contributed by atoms with E-state index in [0.29, 0.717) is 28.0 Å². The number of amides is 1. The summed E-state index contributed by atoms with van der Waals surface area (Å²) in [4.78, 5) is 18.5. The molecule has 3 aliphatic heterocycles. The lowest BCUT2D eigenvalue weighted by Gasteiger charge is -2.26. The number of hydrogen-bond acceptors (Lipinski definition) is 4. The van der Waals surface area contributed by atoms with Crippen molar-refractivity contribution in [3.05, 3.63) is 52.8 Å². The van der Waals surface area contributed by atoms with Crippen LogP contribution in [0.3, 0.4) is 0 Å². The number of hydrogen-bond donors (Lipinski definition) is 1. The van der Waals surface area contributed by atoms with Crippen LogP contribution in [0.5, 0.6) is 11.5 Å². The molecule has 3 aliphatic rings. The van der Waals surface area contributed by atoms with Crippen LogP contribution in [-0.2, 0) is 0 Å². The predicted octanol–water partition coefficient (Wildman–Crippen LogP) is 3.83. The maximum Gasteiger partial charge on any atom is 0.248 e. The van der Waals surface area contributed by atoms with E-state index in [-0.39, 0.29) is 5.91 Å². The van der Waals surface area contributed by atoms with E-state index in [4.69, 9.17) is 22.1 Å². The molecule has 1 atom stereocenters. The molecule has 0 saturated carbocycles. The summed E-state index contributed by atoms with van der Waals surface area (Å²) in [6.45, 7) is 3.27. The number of carbonyl (C=O) groups is 1. The van der Waals surface area contributed by atoms with Gasteiger partial charge in [-0.3, -0.25) is 9.78 Å². The number of nitrogens with zero attached hydrogens (tertiary/aromatic N) is 2. The Bertz CT molecular complexity index is 804. The topological polar surface area (TPSA) is 68.5 Å². The zero-order valence-electron chi connectivity index (χ0n) is 14.5. The number of fused-ring (bicyclic) bond motifs is 4. The molecule has 2 N–H and O–H groups in total. The number of ether oxygens (including phenoxy) is 1. The van der Waals surface area contributed by atoms with Gasteiger partial charge in [0.15, 0.2) is 0 Å². The molecule has 5 nitrogen and oxygen atoms in total. The standard InChI is InChI=1S/C20H22ClN3O2/c21-15-8-17(11-23-10-15)26-16-1-2-18(20(22)25)19(9-16)14-7-13-3-5-24(12-14)6-4-13/h1-2,8-11,13-14H,3-7,12H2,(H2,22,25). The summed E-state index contributed by atoms with van der Waals surface area (Å²) in [5.41, 5.74) is 7.23. The Kier molecular flexibility index (Phi) is 4.83. The molecule has 1 unspecified atom stereocenters. The Hall–Kier alpha value is -2.11. The molecule has 136 valence electrons. The second kappa shape index (κ2) is 7.25. The fraction of sp³-hybridized carbons (Fsp3) is 0.400. The maximum absolute atomic E-state index is 12.0. The van der Waals surface area contributed by atoms with Crippen LogP contribution < -0.4 is 10.5 Å². The van der Waals surface area contributed by atoms with Crippen molar-refractivity contribution in [1.82, 2.24) is 9.88 Å². The third kappa shape index (κ3) is 3.69. The van der Waals surface area contributed by atoms with Crippen molar-refractivity contribution in [3.8, 4) is 11.5 Å². The van der Waals surface area contributed by atoms with E-state index in [1.807, 2.05) is 6.07 Å². The van der Waals surface area contributed by atoms with Crippen LogP contribution in [0.25, 0.3) is 0 Å². The molecular weight excluding hydrogens is 350 g/mol. The summed E-state index contributed by atoms with van der Waals surface area (Å²) >= 11 is 5.98. The Morgan fingerprint density at radius 3 is 2.73 bits per heavy atom. The Morgan fingerprint density at radius 1 is 1.19 bits per heavy atom. The van der Waals surface area contributed by atoms with Gasteiger partial charge >= 0.3 is 0 Å². The molecule has 4 heterocycles. The Morgan fingerprint density at radius 2 is 2.00 bits per heavy atom. The van der Waals surface area contributed by atoms with Gasteiger partial charge in [-0.1, -0.05) is 11.6 Å². The van der Waals surface area contributed by atoms with Crippen LogP contribution in [0.15, 0.2) is 36.7 Å². The molecule has 26 heavy (non-hydrogen) atoms. The van der Waals surface area contributed by atoms with Gasteiger partial charge in [0.2, 0.25) is 5.91 Å². The summed E-state index contributed by atoms with van der Waals surface area (Å²) in [7, 11) is 0. The molecule has 1 amide bonds. The van der Waals surface area contributed by atoms with Gasteiger partial charge in [-0.15, -0.1) is 0 Å². The van der Waals surface area contributed by atoms with E-state index in [2.05, 4.69) is 9.88 Å². The lowest BCUT2D eigenvalue weighted by molar-refractivity contribution is 0.0998. The first kappa shape index (κ1) is 17.3. The van der Waals surface area contributed by atoms with E-state index >= 15 is 0 Å². The molecule has 1 aromatic heterocycles. The van der Waals surface area contributed by atoms with Gasteiger partial charge in [-0.05, 0) is 68.0 Å². The highest BCUT2D eigenvalue weighted by Gasteiger charge is 2.31. The SMILES string of the molecule is NC(=O)c1ccc(Oc2cncc(Cl)c2)cc1C1CC2CCN(CC2)C1. The molecule has 6 heteroatoms. The number of rotatable bonds is 4. The third-order valence-electron chi connectivity index (χ3n) is 5.45. The maximum atomic E-state index is 12.0. The second-order valence-corrected chi connectivity index (χ2v) is 7.67. The van der Waals surface area contributed by atoms with Gasteiger partial charge in [0, 0.05) is 24.4 Å². The minimum atomic E-state index is -0.387. The number of benzene rings is 1. The number of halogens is 1. The fourth-order valence-electron chi connectivity index (χ4n) is 4.17. The zero-order chi connectivity index (χ0) is 18.1. The lowest BCUT2D eigenvalue weighted by Crippen LogP contribution is -2.31. The summed E-state index contributed by atoms with van der Waals surface area (Å²) in [6, 6.07) is 7.22. The smallest absolute Gasteiger partial charge is 0.248 e. The minimum absolute atomic E-state index is 0.300. The van der Waals surface area contributed by atoms with E-state index < -0.39 is 0 Å². The fourth-order valence-corrected chi connectivity index (χ4v) is 4.33. The molecule has 1 aromatic carbocycles. The molecule has 2 aromatic rings. The minimum Gasteiger partial charge on any atom is -0.456 e. The molecule has 2 bridgehead atoms. The van der Waals surface area contributed by atoms with Crippen LogP contribution in [0, 0.1) is 5.92 Å². The van der Waals surface area contributed by atoms with Crippen LogP contribution >= 0.6 is 11.6 Å². The molecule has 3 fully saturated rings. The highest BCUT2D eigenvalue weighted by Crippen LogP contribution is 2.38. The summed E-state index contributed by atoms with van der Waals surface area (Å²) < 4.78 is 5.91. The largest absolute Gasteiger partial charge is 0.456 e. The van der Waals surface area contributed by atoms with E-state index in [9.17, 15) is 4.79 Å². The van der Waals surface area contributed by atoms with Gasteiger partial charge in [-0.2, -0.15) is 0 Å². The van der Waals surface area contributed by atoms with Crippen molar-refractivity contribution < 1.29 is 9.53 Å². The first-order valence-electron chi connectivity index (χ1n) is 9.03. The van der Waals surface area contributed by atoms with Crippen LogP contribution in [0.2, 0.25) is 5.02 Å². The molecule has 0 spiro atoms. The molecule has 0 aliphatic carbocycles. The first-order valence-corrected chi connectivity index (χ1v) is 9.41. The molecule has 0 radical (unpaired) electrons. The van der Waals surface area contributed by atoms with Gasteiger partial charge in [0.05, 0.1) is 11.2 Å². The average Bonchev–Trinajstić information content (AvgIpc) is 2.95. The molecular formula is C20H22ClN3O2. The number of nitrogens with two attached hydrogens (primary N) is 1. The van der Waals surface area contributed by atoms with Gasteiger partial charge in [0.25, 0.3) is 0 Å². The summed E-state index contributed by atoms with van der Waals surface area (Å²) in [5, 5.41) is 0.518. The summed E-state index contributed by atoms with van der Waals surface area (Å²) in [5.74, 6) is 1.87. The van der Waals surface area contributed by atoms with Gasteiger partial charge in [-0.25, -0.2) is 0 Å². The molecule has 5 rings (SSSR count). The number of aromatic nitrogens is 1. The predicted molar refractivity (Wildman–Crippen MR) is 101 cm³/mol. The van der Waals surface area contributed by atoms with Crippen LogP contribution in [0.1, 0.15) is 41.1 Å². The molecule has 3 saturated heterocycles. The van der Waals surface area contributed by atoms with Crippen molar-refractivity contribution in [1.29, 1.82) is 0 Å². The normalized spacial score (nSPS) is 24.9. The Balaban J connectivity index is 1.66. The average molecular weight is 372 g/mol. The van der Waals surface area contributed by atoms with Crippen LogP contribution in [0.4, 0.5) is 0 Å². The van der Waals surface area contributed by atoms with Crippen molar-refractivity contribution in [2.45, 2.75) is 25.2 Å². The van der Waals surface area contributed by atoms with Crippen molar-refractivity contribution >= 4 is 17.5 Å². The summed E-state index contributed by atoms with van der Waals surface area (Å²) in [6.07, 6.45) is 6.76. The Labute approximate surface area is 158 Å². The van der Waals surface area contributed by atoms with E-state index in [1.165, 1.54) is 12.8 Å². The number of pyridine rings is 1. The zero-order valence-corrected chi connectivity index (χ0v) is 15.3. The van der Waals surface area contributed by atoms with E-state index in [1.54, 1.807) is 30.6 Å². The first-order chi connectivity index (χ1) is 12.6. The lowest BCUT2D eigenvalue weighted by atomic mass is 9.85. The van der Waals surface area contributed by atoms with Crippen LogP contribution in [-0.4, -0.2) is 35.4 Å². The number of primary amides is 1. The highest BCUT2D eigenvalue weighted by atomic mass is 35.5. The number of piperidine rings is 1. The van der Waals surface area contributed by atoms with Gasteiger partial charge < -0.3 is 15.4 Å². The monoisotopic (exact) mass is 371 g/mol. The van der Waals surface area contributed by atoms with Crippen molar-refractivity contribution in [2.24, 2.45) is 11.7 Å². The third-order valence-corrected chi connectivity index (χ3v) is 5.65. The van der Waals surface area contributed by atoms with Crippen molar-refractivity contribution in [2.75, 3.05) is 19.6 Å². The number of carbonyl (C=O) groups excluding carboxylic acids is 1. The van der Waals surface area contributed by atoms with E-state index in [0.717, 1.165) is 37.5 Å².